The second kappa shape index (κ2) is 8.65. The summed E-state index contributed by atoms with van der Waals surface area (Å²) in [5.41, 5.74) is 4.05. The monoisotopic (exact) mass is 497 g/mol. The van der Waals surface area contributed by atoms with Gasteiger partial charge in [-0.1, -0.05) is 53.2 Å². The molecule has 2 aliphatic heterocycles. The normalized spacial score (nSPS) is 18.0. The van der Waals surface area contributed by atoms with Crippen LogP contribution in [0.2, 0.25) is 0 Å². The Hall–Kier alpha value is -2.35. The van der Waals surface area contributed by atoms with E-state index in [0.29, 0.717) is 6.61 Å². The van der Waals surface area contributed by atoms with Gasteiger partial charge in [0.2, 0.25) is 0 Å². The minimum atomic E-state index is -0.342. The number of hydrogen-bond acceptors (Lipinski definition) is 5. The first-order valence-corrected chi connectivity index (χ1v) is 12.1. The summed E-state index contributed by atoms with van der Waals surface area (Å²) in [4.78, 5) is 16.8. The molecule has 0 saturated carbocycles. The summed E-state index contributed by atoms with van der Waals surface area (Å²) in [5, 5.41) is 7.69. The molecule has 5 rings (SSSR count). The van der Waals surface area contributed by atoms with Crippen molar-refractivity contribution in [1.82, 2.24) is 10.2 Å². The highest BCUT2D eigenvalue weighted by Crippen LogP contribution is 2.42. The maximum Gasteiger partial charge on any atom is 0.256 e. The van der Waals surface area contributed by atoms with E-state index in [2.05, 4.69) is 38.4 Å². The first-order valence-electron chi connectivity index (χ1n) is 10.5. The Balaban J connectivity index is 1.42. The standard InChI is InChI=1S/C24H24BrN3O2S/c1-2-28-11-10-17-20(13-28)31-24-21(17)23(29)26-22(27-24)18-12-16(25)8-9-19(18)30-14-15-6-4-3-5-7-15/h3-9,12,22,27H,2,10-11,13-14H2,1H3,(H,26,29)/t22-/m0/s1. The molecular formula is C24H24BrN3O2S. The van der Waals surface area contributed by atoms with E-state index < -0.39 is 0 Å². The molecule has 2 aliphatic rings. The molecule has 2 aromatic carbocycles. The number of nitrogens with one attached hydrogen (secondary N) is 2. The van der Waals surface area contributed by atoms with Crippen molar-refractivity contribution in [1.29, 1.82) is 0 Å². The van der Waals surface area contributed by atoms with E-state index in [1.807, 2.05) is 48.5 Å². The van der Waals surface area contributed by atoms with Crippen molar-refractivity contribution < 1.29 is 9.53 Å². The van der Waals surface area contributed by atoms with Crippen molar-refractivity contribution >= 4 is 38.2 Å². The number of amides is 1. The summed E-state index contributed by atoms with van der Waals surface area (Å²) in [6.45, 7) is 5.62. The van der Waals surface area contributed by atoms with Crippen molar-refractivity contribution in [2.45, 2.75) is 32.7 Å². The first-order chi connectivity index (χ1) is 15.1. The van der Waals surface area contributed by atoms with E-state index in [4.69, 9.17) is 4.74 Å². The molecule has 7 heteroatoms. The molecule has 5 nitrogen and oxygen atoms in total. The van der Waals surface area contributed by atoms with Crippen LogP contribution < -0.4 is 15.4 Å². The predicted molar refractivity (Wildman–Crippen MR) is 128 cm³/mol. The number of carbonyl (C=O) groups is 1. The number of carbonyl (C=O) groups excluding carboxylic acids is 1. The largest absolute Gasteiger partial charge is 0.488 e. The van der Waals surface area contributed by atoms with Gasteiger partial charge in [-0.2, -0.15) is 0 Å². The van der Waals surface area contributed by atoms with Gasteiger partial charge < -0.3 is 15.4 Å². The van der Waals surface area contributed by atoms with Gasteiger partial charge in [0.15, 0.2) is 0 Å². The first kappa shape index (κ1) is 20.5. The minimum absolute atomic E-state index is 0.00446. The Morgan fingerprint density at radius 2 is 2.03 bits per heavy atom. The smallest absolute Gasteiger partial charge is 0.256 e. The quantitative estimate of drug-likeness (QED) is 0.500. The molecule has 31 heavy (non-hydrogen) atoms. The van der Waals surface area contributed by atoms with Gasteiger partial charge in [-0.25, -0.2) is 0 Å². The van der Waals surface area contributed by atoms with Gasteiger partial charge in [0.25, 0.3) is 5.91 Å². The summed E-state index contributed by atoms with van der Waals surface area (Å²) < 4.78 is 7.09. The summed E-state index contributed by atoms with van der Waals surface area (Å²) in [5.74, 6) is 0.752. The van der Waals surface area contributed by atoms with Crippen LogP contribution in [0, 0.1) is 0 Å². The van der Waals surface area contributed by atoms with Gasteiger partial charge in [0, 0.05) is 28.0 Å². The highest BCUT2D eigenvalue weighted by molar-refractivity contribution is 9.10. The molecule has 0 aliphatic carbocycles. The maximum absolute atomic E-state index is 13.1. The summed E-state index contributed by atoms with van der Waals surface area (Å²) in [7, 11) is 0. The average molecular weight is 498 g/mol. The number of nitrogens with zero attached hydrogens (tertiary/aromatic N) is 1. The molecule has 0 saturated heterocycles. The lowest BCUT2D eigenvalue weighted by atomic mass is 10.00. The second-order valence-corrected chi connectivity index (χ2v) is 9.85. The number of rotatable bonds is 5. The fraction of sp³-hybridized carbons (Fsp3) is 0.292. The molecule has 0 fully saturated rings. The van der Waals surface area contributed by atoms with Crippen LogP contribution in [0.25, 0.3) is 0 Å². The van der Waals surface area contributed by atoms with E-state index >= 15 is 0 Å². The van der Waals surface area contributed by atoms with Crippen molar-refractivity contribution in [3.05, 3.63) is 80.1 Å². The van der Waals surface area contributed by atoms with E-state index in [9.17, 15) is 4.79 Å². The van der Waals surface area contributed by atoms with Crippen LogP contribution in [0.5, 0.6) is 5.75 Å². The number of ether oxygens (including phenoxy) is 1. The number of benzene rings is 2. The van der Waals surface area contributed by atoms with Gasteiger partial charge in [0.1, 0.15) is 23.5 Å². The highest BCUT2D eigenvalue weighted by atomic mass is 79.9. The van der Waals surface area contributed by atoms with Gasteiger partial charge >= 0.3 is 0 Å². The molecule has 0 radical (unpaired) electrons. The number of fused-ring (bicyclic) bond motifs is 3. The molecule has 0 bridgehead atoms. The van der Waals surface area contributed by atoms with E-state index in [1.165, 1.54) is 10.4 Å². The Morgan fingerprint density at radius 3 is 2.84 bits per heavy atom. The van der Waals surface area contributed by atoms with Crippen LogP contribution in [0.4, 0.5) is 5.00 Å². The van der Waals surface area contributed by atoms with Gasteiger partial charge in [0.05, 0.1) is 5.56 Å². The lowest BCUT2D eigenvalue weighted by molar-refractivity contribution is 0.0934. The number of hydrogen-bond donors (Lipinski definition) is 2. The average Bonchev–Trinajstić information content (AvgIpc) is 3.16. The van der Waals surface area contributed by atoms with Crippen LogP contribution in [-0.4, -0.2) is 23.9 Å². The Bertz CT molecular complexity index is 1120. The van der Waals surface area contributed by atoms with E-state index in [0.717, 1.165) is 58.0 Å². The molecule has 0 spiro atoms. The third-order valence-corrected chi connectivity index (χ3v) is 7.52. The zero-order chi connectivity index (χ0) is 21.4. The molecule has 3 aromatic rings. The third-order valence-electron chi connectivity index (χ3n) is 5.88. The fourth-order valence-electron chi connectivity index (χ4n) is 4.21. The van der Waals surface area contributed by atoms with E-state index in [-0.39, 0.29) is 12.1 Å². The molecule has 160 valence electrons. The molecule has 1 atom stereocenters. The van der Waals surface area contributed by atoms with E-state index in [1.54, 1.807) is 11.3 Å². The van der Waals surface area contributed by atoms with Gasteiger partial charge in [-0.05, 0) is 42.3 Å². The molecular weight excluding hydrogens is 474 g/mol. The fourth-order valence-corrected chi connectivity index (χ4v) is 5.90. The topological polar surface area (TPSA) is 53.6 Å². The molecule has 3 heterocycles. The molecule has 1 amide bonds. The summed E-state index contributed by atoms with van der Waals surface area (Å²) in [6, 6.07) is 16.0. The lowest BCUT2D eigenvalue weighted by Gasteiger charge is -2.29. The zero-order valence-corrected chi connectivity index (χ0v) is 19.7. The van der Waals surface area contributed by atoms with Crippen LogP contribution in [0.15, 0.2) is 53.0 Å². The minimum Gasteiger partial charge on any atom is -0.488 e. The number of likely N-dealkylation sites (N-methyl/N-ethyl adjacent to an activating group) is 1. The van der Waals surface area contributed by atoms with Gasteiger partial charge in [-0.3, -0.25) is 9.69 Å². The molecule has 2 N–H and O–H groups in total. The SMILES string of the molecule is CCN1CCc2c(sc3c2C(=O)N[C@H](c2cc(Br)ccc2OCc2ccccc2)N3)C1. The highest BCUT2D eigenvalue weighted by Gasteiger charge is 2.34. The Labute approximate surface area is 194 Å². The van der Waals surface area contributed by atoms with Gasteiger partial charge in [-0.15, -0.1) is 11.3 Å². The molecule has 0 unspecified atom stereocenters. The zero-order valence-electron chi connectivity index (χ0n) is 17.3. The second-order valence-electron chi connectivity index (χ2n) is 7.83. The predicted octanol–water partition coefficient (Wildman–Crippen LogP) is 5.32. The Morgan fingerprint density at radius 1 is 1.19 bits per heavy atom. The van der Waals surface area contributed by atoms with Crippen LogP contribution in [-0.2, 0) is 19.6 Å². The van der Waals surface area contributed by atoms with Crippen molar-refractivity contribution in [2.24, 2.45) is 0 Å². The van der Waals surface area contributed by atoms with Crippen LogP contribution in [0.1, 0.15) is 45.0 Å². The van der Waals surface area contributed by atoms with Crippen molar-refractivity contribution in [3.8, 4) is 5.75 Å². The van der Waals surface area contributed by atoms with Crippen molar-refractivity contribution in [2.75, 3.05) is 18.4 Å². The summed E-state index contributed by atoms with van der Waals surface area (Å²) >= 11 is 5.28. The summed E-state index contributed by atoms with van der Waals surface area (Å²) in [6.07, 6.45) is 0.586. The maximum atomic E-state index is 13.1. The lowest BCUT2D eigenvalue weighted by Crippen LogP contribution is -2.39. The van der Waals surface area contributed by atoms with Crippen molar-refractivity contribution in [3.63, 3.8) is 0 Å². The number of anilines is 1. The Kier molecular flexibility index (Phi) is 5.73. The number of halogens is 1. The van der Waals surface area contributed by atoms with Crippen LogP contribution >= 0.6 is 27.3 Å². The molecule has 1 aromatic heterocycles. The van der Waals surface area contributed by atoms with Crippen LogP contribution in [0.3, 0.4) is 0 Å². The third kappa shape index (κ3) is 4.10. The number of thiophene rings is 1.